The van der Waals surface area contributed by atoms with Crippen molar-refractivity contribution in [3.05, 3.63) is 76.3 Å². The molecule has 0 saturated carbocycles. The van der Waals surface area contributed by atoms with Crippen molar-refractivity contribution < 1.29 is 4.79 Å². The maximum atomic E-state index is 12.1. The van der Waals surface area contributed by atoms with Crippen LogP contribution in [-0.4, -0.2) is 20.9 Å². The highest BCUT2D eigenvalue weighted by molar-refractivity contribution is 9.10. The first-order valence-corrected chi connectivity index (χ1v) is 8.44. The summed E-state index contributed by atoms with van der Waals surface area (Å²) in [7, 11) is 0. The lowest BCUT2D eigenvalue weighted by atomic mass is 10.2. The molecule has 0 spiro atoms. The molecule has 2 aromatic heterocycles. The fourth-order valence-electron chi connectivity index (χ4n) is 2.17. The minimum absolute atomic E-state index is 0.239. The standard InChI is InChI=1S/C18H16BrN5O/c1-12-8-14(19)5-6-16(12)24-18-22-9-13(10-23-18)17(25)21-11-15-4-2-3-7-20-15/h2-10H,11H2,1H3,(H,21,25)(H,22,23,24). The molecule has 3 aromatic rings. The number of rotatable bonds is 5. The predicted octanol–water partition coefficient (Wildman–Crippen LogP) is 3.62. The Labute approximate surface area is 153 Å². The lowest BCUT2D eigenvalue weighted by molar-refractivity contribution is 0.0949. The van der Waals surface area contributed by atoms with Crippen LogP contribution in [0.4, 0.5) is 11.6 Å². The highest BCUT2D eigenvalue weighted by atomic mass is 79.9. The molecule has 0 unspecified atom stereocenters. The van der Waals surface area contributed by atoms with E-state index in [-0.39, 0.29) is 5.91 Å². The number of aromatic nitrogens is 3. The molecule has 0 radical (unpaired) electrons. The Balaban J connectivity index is 1.62. The normalized spacial score (nSPS) is 10.3. The number of nitrogens with one attached hydrogen (secondary N) is 2. The van der Waals surface area contributed by atoms with Crippen LogP contribution in [0.1, 0.15) is 21.6 Å². The number of hydrogen-bond donors (Lipinski definition) is 2. The lowest BCUT2D eigenvalue weighted by Crippen LogP contribution is -2.23. The Morgan fingerprint density at radius 2 is 1.92 bits per heavy atom. The molecule has 3 rings (SSSR count). The largest absolute Gasteiger partial charge is 0.346 e. The molecule has 0 saturated heterocycles. The van der Waals surface area contributed by atoms with Crippen LogP contribution in [0.25, 0.3) is 0 Å². The molecule has 0 aliphatic rings. The second kappa shape index (κ2) is 7.85. The van der Waals surface area contributed by atoms with E-state index in [1.165, 1.54) is 12.4 Å². The SMILES string of the molecule is Cc1cc(Br)ccc1Nc1ncc(C(=O)NCc2ccccn2)cn1. The van der Waals surface area contributed by atoms with Gasteiger partial charge in [0, 0.05) is 28.8 Å². The van der Waals surface area contributed by atoms with Gasteiger partial charge < -0.3 is 10.6 Å². The lowest BCUT2D eigenvalue weighted by Gasteiger charge is -2.09. The van der Waals surface area contributed by atoms with Crippen molar-refractivity contribution in [1.82, 2.24) is 20.3 Å². The van der Waals surface area contributed by atoms with Crippen LogP contribution in [0.15, 0.2) is 59.5 Å². The molecule has 126 valence electrons. The number of halogens is 1. The van der Waals surface area contributed by atoms with E-state index in [9.17, 15) is 4.79 Å². The van der Waals surface area contributed by atoms with Crippen LogP contribution < -0.4 is 10.6 Å². The molecule has 2 heterocycles. The van der Waals surface area contributed by atoms with E-state index in [0.29, 0.717) is 18.1 Å². The van der Waals surface area contributed by atoms with E-state index in [1.54, 1.807) is 6.20 Å². The van der Waals surface area contributed by atoms with Crippen LogP contribution >= 0.6 is 15.9 Å². The molecule has 0 bridgehead atoms. The molecular weight excluding hydrogens is 382 g/mol. The number of carbonyl (C=O) groups is 1. The summed E-state index contributed by atoms with van der Waals surface area (Å²) in [5.74, 6) is 0.198. The predicted molar refractivity (Wildman–Crippen MR) is 99.6 cm³/mol. The Bertz CT molecular complexity index is 868. The molecule has 25 heavy (non-hydrogen) atoms. The van der Waals surface area contributed by atoms with Gasteiger partial charge in [-0.25, -0.2) is 9.97 Å². The summed E-state index contributed by atoms with van der Waals surface area (Å²) in [5.41, 5.74) is 3.17. The van der Waals surface area contributed by atoms with Gasteiger partial charge in [-0.3, -0.25) is 9.78 Å². The fraction of sp³-hybridized carbons (Fsp3) is 0.111. The smallest absolute Gasteiger partial charge is 0.254 e. The molecular formula is C18H16BrN5O. The van der Waals surface area contributed by atoms with Crippen LogP contribution in [0.5, 0.6) is 0 Å². The molecule has 7 heteroatoms. The van der Waals surface area contributed by atoms with Gasteiger partial charge in [0.05, 0.1) is 17.8 Å². The van der Waals surface area contributed by atoms with Crippen molar-refractivity contribution in [3.8, 4) is 0 Å². The monoisotopic (exact) mass is 397 g/mol. The summed E-state index contributed by atoms with van der Waals surface area (Å²) in [6.07, 6.45) is 4.68. The van der Waals surface area contributed by atoms with Gasteiger partial charge in [-0.2, -0.15) is 0 Å². The van der Waals surface area contributed by atoms with Gasteiger partial charge in [-0.1, -0.05) is 22.0 Å². The third-order valence-corrected chi connectivity index (χ3v) is 4.00. The molecule has 0 atom stereocenters. The molecule has 1 amide bonds. The third kappa shape index (κ3) is 4.60. The summed E-state index contributed by atoms with van der Waals surface area (Å²) >= 11 is 3.43. The van der Waals surface area contributed by atoms with Gasteiger partial charge in [0.15, 0.2) is 0 Å². The summed E-state index contributed by atoms with van der Waals surface area (Å²) in [5, 5.41) is 5.93. The quantitative estimate of drug-likeness (QED) is 0.687. The van der Waals surface area contributed by atoms with Gasteiger partial charge in [-0.05, 0) is 42.8 Å². The molecule has 6 nitrogen and oxygen atoms in total. The third-order valence-electron chi connectivity index (χ3n) is 3.51. The summed E-state index contributed by atoms with van der Waals surface area (Å²) in [4.78, 5) is 24.7. The number of amides is 1. The average molecular weight is 398 g/mol. The zero-order valence-electron chi connectivity index (χ0n) is 13.5. The number of nitrogens with zero attached hydrogens (tertiary/aromatic N) is 3. The van der Waals surface area contributed by atoms with Gasteiger partial charge in [-0.15, -0.1) is 0 Å². The number of pyridine rings is 1. The van der Waals surface area contributed by atoms with E-state index >= 15 is 0 Å². The molecule has 0 fully saturated rings. The number of benzene rings is 1. The Kier molecular flexibility index (Phi) is 5.35. The van der Waals surface area contributed by atoms with Crippen molar-refractivity contribution in [3.63, 3.8) is 0 Å². The van der Waals surface area contributed by atoms with Crippen LogP contribution in [0.3, 0.4) is 0 Å². The Hall–Kier alpha value is -2.80. The van der Waals surface area contributed by atoms with Crippen LogP contribution in [-0.2, 0) is 6.54 Å². The van der Waals surface area contributed by atoms with Crippen molar-refractivity contribution in [2.24, 2.45) is 0 Å². The van der Waals surface area contributed by atoms with Gasteiger partial charge >= 0.3 is 0 Å². The van der Waals surface area contributed by atoms with Crippen LogP contribution in [0, 0.1) is 6.92 Å². The Morgan fingerprint density at radius 1 is 1.12 bits per heavy atom. The van der Waals surface area contributed by atoms with E-state index in [0.717, 1.165) is 21.4 Å². The minimum atomic E-state index is -0.239. The number of aryl methyl sites for hydroxylation is 1. The molecule has 0 aliphatic carbocycles. The minimum Gasteiger partial charge on any atom is -0.346 e. The van der Waals surface area contributed by atoms with Crippen molar-refractivity contribution in [1.29, 1.82) is 0 Å². The van der Waals surface area contributed by atoms with Gasteiger partial charge in [0.1, 0.15) is 0 Å². The summed E-state index contributed by atoms with van der Waals surface area (Å²) < 4.78 is 1.01. The zero-order valence-corrected chi connectivity index (χ0v) is 15.1. The first kappa shape index (κ1) is 17.0. The van der Waals surface area contributed by atoms with Gasteiger partial charge in [0.2, 0.25) is 5.95 Å². The second-order valence-electron chi connectivity index (χ2n) is 5.38. The fourth-order valence-corrected chi connectivity index (χ4v) is 2.65. The molecule has 2 N–H and O–H groups in total. The summed E-state index contributed by atoms with van der Waals surface area (Å²) in [6.45, 7) is 2.35. The van der Waals surface area contributed by atoms with E-state index in [1.807, 2.05) is 43.3 Å². The van der Waals surface area contributed by atoms with E-state index in [4.69, 9.17) is 0 Å². The van der Waals surface area contributed by atoms with E-state index in [2.05, 4.69) is 41.5 Å². The van der Waals surface area contributed by atoms with Crippen molar-refractivity contribution >= 4 is 33.5 Å². The van der Waals surface area contributed by atoms with Crippen molar-refractivity contribution in [2.45, 2.75) is 13.5 Å². The molecule has 0 aliphatic heterocycles. The maximum Gasteiger partial charge on any atom is 0.254 e. The number of carbonyl (C=O) groups excluding carboxylic acids is 1. The first-order chi connectivity index (χ1) is 12.1. The average Bonchev–Trinajstić information content (AvgIpc) is 2.63. The number of anilines is 2. The van der Waals surface area contributed by atoms with Gasteiger partial charge in [0.25, 0.3) is 5.91 Å². The van der Waals surface area contributed by atoms with Crippen molar-refractivity contribution in [2.75, 3.05) is 5.32 Å². The number of hydrogen-bond acceptors (Lipinski definition) is 5. The summed E-state index contributed by atoms with van der Waals surface area (Å²) in [6, 6.07) is 11.4. The van der Waals surface area contributed by atoms with Crippen LogP contribution in [0.2, 0.25) is 0 Å². The first-order valence-electron chi connectivity index (χ1n) is 7.65. The Morgan fingerprint density at radius 3 is 2.60 bits per heavy atom. The maximum absolute atomic E-state index is 12.1. The zero-order chi connectivity index (χ0) is 17.6. The second-order valence-corrected chi connectivity index (χ2v) is 6.30. The topological polar surface area (TPSA) is 79.8 Å². The highest BCUT2D eigenvalue weighted by Crippen LogP contribution is 2.22. The molecule has 1 aromatic carbocycles. The highest BCUT2D eigenvalue weighted by Gasteiger charge is 2.08. The van der Waals surface area contributed by atoms with E-state index < -0.39 is 0 Å².